The van der Waals surface area contributed by atoms with E-state index in [1.54, 1.807) is 24.4 Å². The number of anilines is 1. The second kappa shape index (κ2) is 4.45. The largest absolute Gasteiger partial charge is 0.355 e. The average molecular weight is 232 g/mol. The van der Waals surface area contributed by atoms with E-state index in [1.807, 2.05) is 26.0 Å². The molecule has 0 saturated heterocycles. The number of benzene rings is 1. The average Bonchev–Trinajstić information content (AvgIpc) is 2.36. The van der Waals surface area contributed by atoms with Crippen molar-refractivity contribution in [3.8, 4) is 0 Å². The fourth-order valence-corrected chi connectivity index (χ4v) is 1.59. The maximum absolute atomic E-state index is 11.5. The number of nitrogens with one attached hydrogen (secondary N) is 2. The molecule has 0 aliphatic carbocycles. The lowest BCUT2D eigenvalue weighted by molar-refractivity contribution is 0.0963. The number of carbonyl (C=O) groups is 1. The van der Waals surface area contributed by atoms with Crippen LogP contribution in [0.25, 0.3) is 0 Å². The van der Waals surface area contributed by atoms with Crippen LogP contribution in [0.1, 0.15) is 29.8 Å². The van der Waals surface area contributed by atoms with Crippen LogP contribution in [-0.2, 0) is 0 Å². The van der Waals surface area contributed by atoms with Crippen LogP contribution in [0.4, 0.5) is 5.69 Å². The van der Waals surface area contributed by atoms with Crippen molar-refractivity contribution in [1.82, 2.24) is 10.4 Å². The molecule has 0 unspecified atom stereocenters. The summed E-state index contributed by atoms with van der Waals surface area (Å²) in [6.45, 7) is 4.08. The lowest BCUT2D eigenvalue weighted by atomic mass is 10.1. The molecule has 0 radical (unpaired) electrons. The number of fused-ring (bicyclic) bond motifs is 1. The van der Waals surface area contributed by atoms with Crippen molar-refractivity contribution in [3.05, 3.63) is 29.3 Å². The fraction of sp³-hybridized carbons (Fsp3) is 0.333. The quantitative estimate of drug-likeness (QED) is 0.811. The summed E-state index contributed by atoms with van der Waals surface area (Å²) >= 11 is 0. The number of hydrazine groups is 1. The van der Waals surface area contributed by atoms with Crippen LogP contribution in [0.2, 0.25) is 0 Å². The molecule has 0 aromatic heterocycles. The Morgan fingerprint density at radius 2 is 2.24 bits per heavy atom. The van der Waals surface area contributed by atoms with E-state index in [0.717, 1.165) is 11.3 Å². The first-order chi connectivity index (χ1) is 8.11. The summed E-state index contributed by atoms with van der Waals surface area (Å²) in [4.78, 5) is 11.5. The minimum Gasteiger partial charge on any atom is -0.355 e. The van der Waals surface area contributed by atoms with Crippen LogP contribution in [0, 0.1) is 0 Å². The van der Waals surface area contributed by atoms with Gasteiger partial charge in [0.25, 0.3) is 5.91 Å². The van der Waals surface area contributed by atoms with Gasteiger partial charge in [-0.3, -0.25) is 10.2 Å². The second-order valence-electron chi connectivity index (χ2n) is 4.18. The molecule has 5 heteroatoms. The number of amides is 1. The van der Waals surface area contributed by atoms with Crippen molar-refractivity contribution in [2.45, 2.75) is 19.9 Å². The van der Waals surface area contributed by atoms with Gasteiger partial charge in [0, 0.05) is 18.2 Å². The van der Waals surface area contributed by atoms with Gasteiger partial charge in [0.15, 0.2) is 0 Å². The summed E-state index contributed by atoms with van der Waals surface area (Å²) in [6.07, 6.45) is 1.79. The Morgan fingerprint density at radius 1 is 1.47 bits per heavy atom. The van der Waals surface area contributed by atoms with Crippen LogP contribution in [-0.4, -0.2) is 30.3 Å². The molecule has 0 saturated carbocycles. The van der Waals surface area contributed by atoms with E-state index in [4.69, 9.17) is 0 Å². The van der Waals surface area contributed by atoms with Crippen molar-refractivity contribution in [2.75, 3.05) is 12.5 Å². The van der Waals surface area contributed by atoms with Gasteiger partial charge in [0.1, 0.15) is 0 Å². The predicted octanol–water partition coefficient (Wildman–Crippen LogP) is 1.43. The van der Waals surface area contributed by atoms with Crippen molar-refractivity contribution in [2.24, 2.45) is 5.10 Å². The van der Waals surface area contributed by atoms with Gasteiger partial charge in [-0.15, -0.1) is 0 Å². The van der Waals surface area contributed by atoms with E-state index < -0.39 is 0 Å². The molecule has 0 spiro atoms. The highest BCUT2D eigenvalue weighted by atomic mass is 16.1. The molecule has 90 valence electrons. The standard InChI is InChI=1S/C12H16N4O/c1-8(2)16-14-7-10-5-4-9(12(17)13-3)6-11(10)15-16/h4-8,15H,1-3H3,(H,13,17). The minimum absolute atomic E-state index is 0.0896. The third kappa shape index (κ3) is 2.22. The van der Waals surface area contributed by atoms with E-state index in [2.05, 4.69) is 15.8 Å². The molecule has 2 rings (SSSR count). The highest BCUT2D eigenvalue weighted by Gasteiger charge is 2.15. The number of nitrogens with zero attached hydrogens (tertiary/aromatic N) is 2. The van der Waals surface area contributed by atoms with Crippen molar-refractivity contribution in [1.29, 1.82) is 0 Å². The van der Waals surface area contributed by atoms with Crippen LogP contribution in [0.15, 0.2) is 23.3 Å². The number of rotatable bonds is 2. The Kier molecular flexibility index (Phi) is 2.99. The fourth-order valence-electron chi connectivity index (χ4n) is 1.59. The lowest BCUT2D eigenvalue weighted by Crippen LogP contribution is -2.34. The van der Waals surface area contributed by atoms with Crippen LogP contribution < -0.4 is 10.7 Å². The Balaban J connectivity index is 2.31. The second-order valence-corrected chi connectivity index (χ2v) is 4.18. The first kappa shape index (κ1) is 11.4. The molecule has 0 bridgehead atoms. The predicted molar refractivity (Wildman–Crippen MR) is 68.0 cm³/mol. The molecule has 5 nitrogen and oxygen atoms in total. The zero-order valence-electron chi connectivity index (χ0n) is 10.2. The Bertz CT molecular complexity index is 468. The molecule has 1 aliphatic rings. The highest BCUT2D eigenvalue weighted by molar-refractivity contribution is 5.98. The molecule has 1 aromatic carbocycles. The monoisotopic (exact) mass is 232 g/mol. The van der Waals surface area contributed by atoms with E-state index >= 15 is 0 Å². The van der Waals surface area contributed by atoms with Crippen molar-refractivity contribution in [3.63, 3.8) is 0 Å². The summed E-state index contributed by atoms with van der Waals surface area (Å²) < 4.78 is 0. The first-order valence-electron chi connectivity index (χ1n) is 5.58. The molecule has 1 aliphatic heterocycles. The van der Waals surface area contributed by atoms with Gasteiger partial charge < -0.3 is 5.32 Å². The van der Waals surface area contributed by atoms with Gasteiger partial charge >= 0.3 is 0 Å². The maximum Gasteiger partial charge on any atom is 0.251 e. The zero-order chi connectivity index (χ0) is 12.4. The molecule has 1 heterocycles. The number of hydrazone groups is 1. The Morgan fingerprint density at radius 3 is 2.88 bits per heavy atom. The Hall–Kier alpha value is -2.04. The van der Waals surface area contributed by atoms with Crippen LogP contribution in [0.3, 0.4) is 0 Å². The van der Waals surface area contributed by atoms with E-state index in [0.29, 0.717) is 5.56 Å². The van der Waals surface area contributed by atoms with Gasteiger partial charge in [-0.05, 0) is 26.0 Å². The normalized spacial score (nSPS) is 13.3. The van der Waals surface area contributed by atoms with E-state index in [1.165, 1.54) is 0 Å². The molecule has 1 aromatic rings. The summed E-state index contributed by atoms with van der Waals surface area (Å²) in [5, 5.41) is 8.63. The summed E-state index contributed by atoms with van der Waals surface area (Å²) in [6, 6.07) is 5.75. The molecule has 0 atom stereocenters. The first-order valence-corrected chi connectivity index (χ1v) is 5.58. The molecule has 17 heavy (non-hydrogen) atoms. The number of hydrogen-bond donors (Lipinski definition) is 2. The van der Waals surface area contributed by atoms with Crippen LogP contribution >= 0.6 is 0 Å². The van der Waals surface area contributed by atoms with Crippen molar-refractivity contribution < 1.29 is 4.79 Å². The number of carbonyl (C=O) groups excluding carboxylic acids is 1. The van der Waals surface area contributed by atoms with Gasteiger partial charge in [0.05, 0.1) is 17.9 Å². The maximum atomic E-state index is 11.5. The third-order valence-electron chi connectivity index (χ3n) is 2.59. The van der Waals surface area contributed by atoms with E-state index in [-0.39, 0.29) is 11.9 Å². The topological polar surface area (TPSA) is 56.7 Å². The molecular weight excluding hydrogens is 216 g/mol. The molecular formula is C12H16N4O. The Labute approximate surface area is 100 Å². The molecule has 2 N–H and O–H groups in total. The zero-order valence-corrected chi connectivity index (χ0v) is 10.2. The SMILES string of the molecule is CNC(=O)c1ccc2c(c1)NN(C(C)C)N=C2. The number of hydrogen-bond acceptors (Lipinski definition) is 4. The highest BCUT2D eigenvalue weighted by Crippen LogP contribution is 2.21. The summed E-state index contributed by atoms with van der Waals surface area (Å²) in [5.74, 6) is -0.0896. The van der Waals surface area contributed by atoms with Gasteiger partial charge in [0.2, 0.25) is 0 Å². The van der Waals surface area contributed by atoms with Crippen LogP contribution in [0.5, 0.6) is 0 Å². The van der Waals surface area contributed by atoms with Gasteiger partial charge in [-0.25, -0.2) is 5.12 Å². The minimum atomic E-state index is -0.0896. The molecule has 0 fully saturated rings. The smallest absolute Gasteiger partial charge is 0.251 e. The lowest BCUT2D eigenvalue weighted by Gasteiger charge is -2.28. The van der Waals surface area contributed by atoms with Gasteiger partial charge in [-0.1, -0.05) is 6.07 Å². The summed E-state index contributed by atoms with van der Waals surface area (Å²) in [5.41, 5.74) is 5.69. The van der Waals surface area contributed by atoms with Crippen molar-refractivity contribution >= 4 is 17.8 Å². The van der Waals surface area contributed by atoms with Gasteiger partial charge in [-0.2, -0.15) is 5.10 Å². The van der Waals surface area contributed by atoms with E-state index in [9.17, 15) is 4.79 Å². The third-order valence-corrected chi connectivity index (χ3v) is 2.59. The molecule has 1 amide bonds. The summed E-state index contributed by atoms with van der Waals surface area (Å²) in [7, 11) is 1.62.